The molecule has 2 fully saturated rings. The molecule has 1 unspecified atom stereocenters. The summed E-state index contributed by atoms with van der Waals surface area (Å²) in [6.07, 6.45) is 2.35. The first-order valence-corrected chi connectivity index (χ1v) is 12.7. The smallest absolute Gasteiger partial charge is 0.300 e. The average Bonchev–Trinajstić information content (AvgIpc) is 3.52. The third kappa shape index (κ3) is 4.26. The van der Waals surface area contributed by atoms with Crippen LogP contribution in [0.1, 0.15) is 46.7 Å². The zero-order valence-electron chi connectivity index (χ0n) is 21.7. The molecule has 3 aromatic carbocycles. The number of anilines is 2. The van der Waals surface area contributed by atoms with Crippen LogP contribution in [0.2, 0.25) is 0 Å². The van der Waals surface area contributed by atoms with E-state index in [1.54, 1.807) is 13.2 Å². The molecule has 190 valence electrons. The van der Waals surface area contributed by atoms with E-state index in [0.29, 0.717) is 17.0 Å². The fourth-order valence-electron chi connectivity index (χ4n) is 5.50. The van der Waals surface area contributed by atoms with Gasteiger partial charge in [-0.05, 0) is 92.3 Å². The highest BCUT2D eigenvalue weighted by atomic mass is 16.5. The van der Waals surface area contributed by atoms with Gasteiger partial charge in [0.25, 0.3) is 11.7 Å². The van der Waals surface area contributed by atoms with Crippen LogP contribution >= 0.6 is 0 Å². The number of aryl methyl sites for hydroxylation is 3. The molecule has 0 spiro atoms. The summed E-state index contributed by atoms with van der Waals surface area (Å²) in [4.78, 5) is 30.9. The van der Waals surface area contributed by atoms with Crippen LogP contribution in [0.5, 0.6) is 5.75 Å². The summed E-state index contributed by atoms with van der Waals surface area (Å²) in [6.45, 7) is 7.73. The van der Waals surface area contributed by atoms with Crippen LogP contribution in [0.15, 0.2) is 66.2 Å². The summed E-state index contributed by atoms with van der Waals surface area (Å²) in [5.74, 6) is -0.817. The Balaban J connectivity index is 1.67. The molecule has 0 radical (unpaired) electrons. The molecule has 2 aliphatic rings. The Hall–Kier alpha value is -4.06. The number of hydrogen-bond donors (Lipinski definition) is 1. The Morgan fingerprint density at radius 1 is 0.865 bits per heavy atom. The number of aliphatic hydroxyl groups is 1. The first kappa shape index (κ1) is 24.6. The lowest BCUT2D eigenvalue weighted by Crippen LogP contribution is -2.29. The van der Waals surface area contributed by atoms with Crippen molar-refractivity contribution in [2.24, 2.45) is 0 Å². The van der Waals surface area contributed by atoms with E-state index in [1.165, 1.54) is 17.7 Å². The molecule has 3 aromatic rings. The van der Waals surface area contributed by atoms with E-state index in [4.69, 9.17) is 4.74 Å². The normalized spacial score (nSPS) is 19.1. The summed E-state index contributed by atoms with van der Waals surface area (Å²) in [7, 11) is 1.60. The Morgan fingerprint density at radius 2 is 1.51 bits per heavy atom. The van der Waals surface area contributed by atoms with Gasteiger partial charge in [-0.25, -0.2) is 0 Å². The highest BCUT2D eigenvalue weighted by Gasteiger charge is 2.47. The molecule has 5 rings (SSSR count). The lowest BCUT2D eigenvalue weighted by Gasteiger charge is -2.27. The van der Waals surface area contributed by atoms with Gasteiger partial charge in [0.15, 0.2) is 0 Å². The van der Waals surface area contributed by atoms with E-state index in [1.807, 2.05) is 75.4 Å². The Morgan fingerprint density at radius 3 is 2.16 bits per heavy atom. The monoisotopic (exact) mass is 496 g/mol. The van der Waals surface area contributed by atoms with E-state index in [0.717, 1.165) is 41.0 Å². The maximum atomic E-state index is 13.6. The first-order valence-electron chi connectivity index (χ1n) is 12.7. The Labute approximate surface area is 217 Å². The first-order chi connectivity index (χ1) is 17.8. The number of rotatable bonds is 5. The van der Waals surface area contributed by atoms with Crippen molar-refractivity contribution in [3.05, 3.63) is 94.1 Å². The minimum absolute atomic E-state index is 0.0931. The summed E-state index contributed by atoms with van der Waals surface area (Å²) in [5.41, 5.74) is 5.65. The Bertz CT molecular complexity index is 1400. The van der Waals surface area contributed by atoms with Crippen LogP contribution in [0.3, 0.4) is 0 Å². The lowest BCUT2D eigenvalue weighted by atomic mass is 9.91. The van der Waals surface area contributed by atoms with Crippen LogP contribution in [0.25, 0.3) is 5.76 Å². The van der Waals surface area contributed by atoms with Crippen molar-refractivity contribution in [1.29, 1.82) is 0 Å². The second-order valence-corrected chi connectivity index (χ2v) is 9.87. The number of Topliss-reactive ketones (excluding diaryl/α,β-unsaturated/α-hetero) is 1. The van der Waals surface area contributed by atoms with Gasteiger partial charge in [-0.3, -0.25) is 14.5 Å². The lowest BCUT2D eigenvalue weighted by molar-refractivity contribution is -0.132. The van der Waals surface area contributed by atoms with E-state index >= 15 is 0 Å². The number of hydrogen-bond acceptors (Lipinski definition) is 5. The fraction of sp³-hybridized carbons (Fsp3) is 0.290. The largest absolute Gasteiger partial charge is 0.507 e. The standard InChI is InChI=1S/C31H32N2O4/c1-19-9-5-6-10-24(19)28-27(29(34)25-17-21(3)26(37-4)18-20(25)2)30(35)31(36)33(28)23-13-11-22(12-14-23)32-15-7-8-16-32/h5-6,9-14,17-18,28,34H,7-8,15-16H2,1-4H3/b29-27+. The topological polar surface area (TPSA) is 70.1 Å². The quantitative estimate of drug-likeness (QED) is 0.273. The number of ether oxygens (including phenoxy) is 1. The minimum atomic E-state index is -0.749. The molecule has 2 saturated heterocycles. The molecule has 37 heavy (non-hydrogen) atoms. The van der Waals surface area contributed by atoms with Crippen molar-refractivity contribution >= 4 is 28.8 Å². The van der Waals surface area contributed by atoms with Crippen LogP contribution in [0, 0.1) is 20.8 Å². The van der Waals surface area contributed by atoms with Gasteiger partial charge in [0.05, 0.1) is 18.7 Å². The zero-order chi connectivity index (χ0) is 26.3. The van der Waals surface area contributed by atoms with Crippen LogP contribution in [-0.4, -0.2) is 37.0 Å². The van der Waals surface area contributed by atoms with Crippen molar-refractivity contribution in [2.45, 2.75) is 39.7 Å². The van der Waals surface area contributed by atoms with Gasteiger partial charge in [-0.1, -0.05) is 24.3 Å². The molecule has 2 heterocycles. The molecule has 1 N–H and O–H groups in total. The SMILES string of the molecule is COc1cc(C)c(/C(O)=C2\C(=O)C(=O)N(c3ccc(N4CCCC4)cc3)C2c2ccccc2C)cc1C. The van der Waals surface area contributed by atoms with E-state index in [9.17, 15) is 14.7 Å². The average molecular weight is 497 g/mol. The summed E-state index contributed by atoms with van der Waals surface area (Å²) in [5, 5.41) is 11.6. The minimum Gasteiger partial charge on any atom is -0.507 e. The highest BCUT2D eigenvalue weighted by molar-refractivity contribution is 6.51. The van der Waals surface area contributed by atoms with Crippen LogP contribution in [0.4, 0.5) is 11.4 Å². The molecule has 1 atom stereocenters. The predicted molar refractivity (Wildman–Crippen MR) is 146 cm³/mol. The zero-order valence-corrected chi connectivity index (χ0v) is 21.7. The van der Waals surface area contributed by atoms with Crippen molar-refractivity contribution in [2.75, 3.05) is 30.0 Å². The molecule has 1 amide bonds. The van der Waals surface area contributed by atoms with Crippen LogP contribution < -0.4 is 14.5 Å². The fourth-order valence-corrected chi connectivity index (χ4v) is 5.50. The highest BCUT2D eigenvalue weighted by Crippen LogP contribution is 2.44. The van der Waals surface area contributed by atoms with Crippen molar-refractivity contribution in [3.63, 3.8) is 0 Å². The molecule has 6 heteroatoms. The number of methoxy groups -OCH3 is 1. The molecule has 0 bridgehead atoms. The molecule has 2 aliphatic heterocycles. The summed E-state index contributed by atoms with van der Waals surface area (Å²) in [6, 6.07) is 18.4. The van der Waals surface area contributed by atoms with Gasteiger partial charge in [0.1, 0.15) is 11.5 Å². The number of nitrogens with zero attached hydrogens (tertiary/aromatic N) is 2. The predicted octanol–water partition coefficient (Wildman–Crippen LogP) is 5.85. The van der Waals surface area contributed by atoms with Gasteiger partial charge >= 0.3 is 0 Å². The summed E-state index contributed by atoms with van der Waals surface area (Å²) < 4.78 is 5.42. The number of carbonyl (C=O) groups is 2. The Kier molecular flexibility index (Phi) is 6.50. The molecular weight excluding hydrogens is 464 g/mol. The van der Waals surface area contributed by atoms with E-state index < -0.39 is 17.7 Å². The van der Waals surface area contributed by atoms with Crippen LogP contribution in [-0.2, 0) is 9.59 Å². The van der Waals surface area contributed by atoms with Gasteiger partial charge in [-0.2, -0.15) is 0 Å². The third-order valence-corrected chi connectivity index (χ3v) is 7.52. The second-order valence-electron chi connectivity index (χ2n) is 9.87. The van der Waals surface area contributed by atoms with Gasteiger partial charge in [0.2, 0.25) is 0 Å². The van der Waals surface area contributed by atoms with Crippen molar-refractivity contribution < 1.29 is 19.4 Å². The maximum Gasteiger partial charge on any atom is 0.300 e. The molecular formula is C31H32N2O4. The molecule has 0 aliphatic carbocycles. The van der Waals surface area contributed by atoms with E-state index in [-0.39, 0.29) is 11.3 Å². The van der Waals surface area contributed by atoms with Crippen molar-refractivity contribution in [1.82, 2.24) is 0 Å². The maximum absolute atomic E-state index is 13.6. The summed E-state index contributed by atoms with van der Waals surface area (Å²) >= 11 is 0. The molecule has 6 nitrogen and oxygen atoms in total. The third-order valence-electron chi connectivity index (χ3n) is 7.52. The van der Waals surface area contributed by atoms with Crippen molar-refractivity contribution in [3.8, 4) is 5.75 Å². The van der Waals surface area contributed by atoms with E-state index in [2.05, 4.69) is 4.90 Å². The number of benzene rings is 3. The number of carbonyl (C=O) groups excluding carboxylic acids is 2. The van der Waals surface area contributed by atoms with Gasteiger partial charge < -0.3 is 14.7 Å². The van der Waals surface area contributed by atoms with Gasteiger partial charge in [-0.15, -0.1) is 0 Å². The number of ketones is 1. The second kappa shape index (κ2) is 9.77. The molecule has 0 saturated carbocycles. The molecule has 0 aromatic heterocycles. The number of aliphatic hydroxyl groups excluding tert-OH is 1. The number of amides is 1. The van der Waals surface area contributed by atoms with Gasteiger partial charge in [0, 0.05) is 30.0 Å².